The minimum atomic E-state index is -0.313. The summed E-state index contributed by atoms with van der Waals surface area (Å²) < 4.78 is 10.2. The van der Waals surface area contributed by atoms with Crippen LogP contribution in [0.2, 0.25) is 0 Å². The standard InChI is InChI=1S/C6H10BNO3/c1-10-4-2-6(7)11-5(4)3-8-9/h4-6H,2-3H2,1H3/t4-,5?,6-/m1/s1. The maximum Gasteiger partial charge on any atom is 0.110 e. The SMILES string of the molecule is [B][C@H]1C[C@@H](OC)C(CN=O)O1. The largest absolute Gasteiger partial charge is 0.380 e. The summed E-state index contributed by atoms with van der Waals surface area (Å²) in [4.78, 5) is 9.90. The van der Waals surface area contributed by atoms with Gasteiger partial charge in [0.1, 0.15) is 20.5 Å². The molecule has 0 bridgehead atoms. The van der Waals surface area contributed by atoms with Crippen LogP contribution in [0.3, 0.4) is 0 Å². The van der Waals surface area contributed by atoms with Crippen molar-refractivity contribution in [2.45, 2.75) is 24.6 Å². The van der Waals surface area contributed by atoms with Gasteiger partial charge in [-0.25, -0.2) is 0 Å². The number of rotatable bonds is 3. The lowest BCUT2D eigenvalue weighted by atomic mass is 9.96. The molecule has 1 aliphatic rings. The molecule has 4 nitrogen and oxygen atoms in total. The highest BCUT2D eigenvalue weighted by Gasteiger charge is 2.32. The maximum atomic E-state index is 9.90. The molecule has 0 N–H and O–H groups in total. The topological polar surface area (TPSA) is 47.9 Å². The first-order valence-electron chi connectivity index (χ1n) is 3.51. The third-order valence-electron chi connectivity index (χ3n) is 1.79. The second-order valence-corrected chi connectivity index (χ2v) is 2.53. The van der Waals surface area contributed by atoms with Crippen LogP contribution in [-0.2, 0) is 9.47 Å². The molecule has 5 heteroatoms. The molecule has 1 unspecified atom stereocenters. The van der Waals surface area contributed by atoms with Crippen molar-refractivity contribution in [3.63, 3.8) is 0 Å². The lowest BCUT2D eigenvalue weighted by molar-refractivity contribution is 0.0156. The van der Waals surface area contributed by atoms with E-state index in [9.17, 15) is 4.91 Å². The van der Waals surface area contributed by atoms with Gasteiger partial charge in [-0.1, -0.05) is 5.18 Å². The van der Waals surface area contributed by atoms with E-state index in [-0.39, 0.29) is 24.8 Å². The summed E-state index contributed by atoms with van der Waals surface area (Å²) in [5.74, 6) is 0. The Balaban J connectivity index is 2.43. The normalized spacial score (nSPS) is 37.4. The van der Waals surface area contributed by atoms with E-state index in [4.69, 9.17) is 17.3 Å². The van der Waals surface area contributed by atoms with Crippen LogP contribution in [-0.4, -0.2) is 39.7 Å². The number of nitrogens with zero attached hydrogens (tertiary/aromatic N) is 1. The Morgan fingerprint density at radius 1 is 1.82 bits per heavy atom. The lowest BCUT2D eigenvalue weighted by Crippen LogP contribution is -2.25. The lowest BCUT2D eigenvalue weighted by Gasteiger charge is -2.12. The Bertz CT molecular complexity index is 144. The molecule has 0 saturated carbocycles. The second-order valence-electron chi connectivity index (χ2n) is 2.53. The van der Waals surface area contributed by atoms with Crippen LogP contribution in [0.5, 0.6) is 0 Å². The summed E-state index contributed by atoms with van der Waals surface area (Å²) in [5.41, 5.74) is 0. The number of hydrogen-bond donors (Lipinski definition) is 0. The van der Waals surface area contributed by atoms with Gasteiger partial charge in [0.05, 0.1) is 6.10 Å². The number of nitroso groups, excluding NO2 is 1. The molecule has 0 aromatic rings. The Morgan fingerprint density at radius 2 is 2.55 bits per heavy atom. The molecule has 3 atom stereocenters. The molecule has 0 aromatic heterocycles. The van der Waals surface area contributed by atoms with Crippen LogP contribution in [0.15, 0.2) is 5.18 Å². The van der Waals surface area contributed by atoms with Crippen molar-refractivity contribution in [2.24, 2.45) is 5.18 Å². The molecule has 1 rings (SSSR count). The van der Waals surface area contributed by atoms with E-state index in [1.807, 2.05) is 0 Å². The summed E-state index contributed by atoms with van der Waals surface area (Å²) in [6.07, 6.45) is 0.298. The van der Waals surface area contributed by atoms with E-state index < -0.39 is 0 Å². The van der Waals surface area contributed by atoms with Gasteiger partial charge < -0.3 is 9.47 Å². The van der Waals surface area contributed by atoms with Gasteiger partial charge in [0.25, 0.3) is 0 Å². The first-order valence-corrected chi connectivity index (χ1v) is 3.51. The summed E-state index contributed by atoms with van der Waals surface area (Å²) in [5, 5.41) is 2.74. The van der Waals surface area contributed by atoms with Crippen molar-refractivity contribution in [3.05, 3.63) is 4.91 Å². The highest BCUT2D eigenvalue weighted by molar-refractivity contribution is 6.11. The molecule has 2 radical (unpaired) electrons. The van der Waals surface area contributed by atoms with Gasteiger partial charge in [0, 0.05) is 13.1 Å². The molecule has 11 heavy (non-hydrogen) atoms. The fraction of sp³-hybridized carbons (Fsp3) is 1.00. The molecule has 1 heterocycles. The van der Waals surface area contributed by atoms with Crippen molar-refractivity contribution in [1.29, 1.82) is 0 Å². The van der Waals surface area contributed by atoms with E-state index in [1.165, 1.54) is 0 Å². The number of ether oxygens (including phenoxy) is 2. The van der Waals surface area contributed by atoms with Crippen LogP contribution in [0.1, 0.15) is 6.42 Å². The Kier molecular flexibility index (Phi) is 3.02. The van der Waals surface area contributed by atoms with Crippen LogP contribution in [0.25, 0.3) is 0 Å². The van der Waals surface area contributed by atoms with Gasteiger partial charge in [0.2, 0.25) is 0 Å². The summed E-state index contributed by atoms with van der Waals surface area (Å²) in [6.45, 7) is 0.117. The van der Waals surface area contributed by atoms with Gasteiger partial charge in [-0.05, 0) is 6.42 Å². The Labute approximate surface area is 66.6 Å². The molecular formula is C6H10BNO3. The quantitative estimate of drug-likeness (QED) is 0.427. The monoisotopic (exact) mass is 155 g/mol. The minimum absolute atomic E-state index is 0.0808. The predicted molar refractivity (Wildman–Crippen MR) is 40.5 cm³/mol. The highest BCUT2D eigenvalue weighted by atomic mass is 16.6. The first-order chi connectivity index (χ1) is 5.27. The van der Waals surface area contributed by atoms with Crippen molar-refractivity contribution in [2.75, 3.05) is 13.7 Å². The number of hydrogen-bond acceptors (Lipinski definition) is 4. The third kappa shape index (κ3) is 2.00. The molecule has 0 spiro atoms. The van der Waals surface area contributed by atoms with Crippen molar-refractivity contribution in [3.8, 4) is 0 Å². The van der Waals surface area contributed by atoms with Gasteiger partial charge in [-0.2, -0.15) is 4.91 Å². The minimum Gasteiger partial charge on any atom is -0.380 e. The zero-order valence-corrected chi connectivity index (χ0v) is 6.40. The predicted octanol–water partition coefficient (Wildman–Crippen LogP) is 0.0513. The third-order valence-corrected chi connectivity index (χ3v) is 1.79. The molecule has 0 amide bonds. The molecule has 1 aliphatic heterocycles. The fourth-order valence-corrected chi connectivity index (χ4v) is 1.23. The van der Waals surface area contributed by atoms with Gasteiger partial charge in [-0.15, -0.1) is 0 Å². The first kappa shape index (κ1) is 8.68. The van der Waals surface area contributed by atoms with E-state index in [2.05, 4.69) is 5.18 Å². The second kappa shape index (κ2) is 3.83. The van der Waals surface area contributed by atoms with Gasteiger partial charge in [-0.3, -0.25) is 0 Å². The van der Waals surface area contributed by atoms with E-state index in [1.54, 1.807) is 7.11 Å². The van der Waals surface area contributed by atoms with E-state index >= 15 is 0 Å². The van der Waals surface area contributed by atoms with Crippen LogP contribution < -0.4 is 0 Å². The summed E-state index contributed by atoms with van der Waals surface area (Å²) in [6, 6.07) is -0.313. The van der Waals surface area contributed by atoms with E-state index in [0.29, 0.717) is 6.42 Å². The van der Waals surface area contributed by atoms with E-state index in [0.717, 1.165) is 0 Å². The van der Waals surface area contributed by atoms with Gasteiger partial charge in [0.15, 0.2) is 0 Å². The van der Waals surface area contributed by atoms with Crippen LogP contribution in [0.4, 0.5) is 0 Å². The zero-order valence-electron chi connectivity index (χ0n) is 6.40. The van der Waals surface area contributed by atoms with Crippen molar-refractivity contribution < 1.29 is 9.47 Å². The summed E-state index contributed by atoms with van der Waals surface area (Å²) >= 11 is 0. The zero-order chi connectivity index (χ0) is 8.27. The Morgan fingerprint density at radius 3 is 3.09 bits per heavy atom. The molecule has 1 fully saturated rings. The average molecular weight is 155 g/mol. The average Bonchev–Trinajstić information content (AvgIpc) is 2.32. The van der Waals surface area contributed by atoms with Crippen molar-refractivity contribution in [1.82, 2.24) is 0 Å². The molecular weight excluding hydrogens is 145 g/mol. The summed E-state index contributed by atoms with van der Waals surface area (Å²) in [7, 11) is 7.05. The van der Waals surface area contributed by atoms with Crippen LogP contribution >= 0.6 is 0 Å². The van der Waals surface area contributed by atoms with Gasteiger partial charge >= 0.3 is 0 Å². The molecule has 1 saturated heterocycles. The smallest absolute Gasteiger partial charge is 0.110 e. The van der Waals surface area contributed by atoms with Crippen LogP contribution in [0, 0.1) is 4.91 Å². The highest BCUT2D eigenvalue weighted by Crippen LogP contribution is 2.20. The molecule has 0 aromatic carbocycles. The van der Waals surface area contributed by atoms with Crippen molar-refractivity contribution >= 4 is 7.85 Å². The Hall–Kier alpha value is -0.415. The maximum absolute atomic E-state index is 9.90. The number of methoxy groups -OCH3 is 1. The molecule has 0 aliphatic carbocycles. The fourth-order valence-electron chi connectivity index (χ4n) is 1.23. The molecule has 60 valence electrons.